The maximum Gasteiger partial charge on any atom is 0.0521 e. The number of fused-ring (bicyclic) bond motifs is 1. The van der Waals surface area contributed by atoms with Gasteiger partial charge in [0, 0.05) is 19.8 Å². The fourth-order valence-corrected chi connectivity index (χ4v) is 2.73. The number of nitrogens with one attached hydrogen (secondary N) is 1. The van der Waals surface area contributed by atoms with Crippen molar-refractivity contribution in [3.8, 4) is 0 Å². The lowest BCUT2D eigenvalue weighted by Gasteiger charge is -2.20. The lowest BCUT2D eigenvalue weighted by Crippen LogP contribution is -2.24. The molecule has 3 nitrogen and oxygen atoms in total. The first-order valence-electron chi connectivity index (χ1n) is 6.61. The summed E-state index contributed by atoms with van der Waals surface area (Å²) in [6.07, 6.45) is 7.44. The lowest BCUT2D eigenvalue weighted by molar-refractivity contribution is 0.638. The summed E-state index contributed by atoms with van der Waals surface area (Å²) < 4.78 is 1.87. The van der Waals surface area contributed by atoms with E-state index in [1.165, 1.54) is 23.1 Å². The number of hydrogen-bond donors (Lipinski definition) is 1. The monoisotopic (exact) mass is 241 g/mol. The molecule has 1 aliphatic heterocycles. The van der Waals surface area contributed by atoms with Crippen molar-refractivity contribution in [2.75, 3.05) is 6.54 Å². The van der Waals surface area contributed by atoms with Crippen molar-refractivity contribution >= 4 is 0 Å². The zero-order valence-corrected chi connectivity index (χ0v) is 10.8. The highest BCUT2D eigenvalue weighted by atomic mass is 15.2. The van der Waals surface area contributed by atoms with Crippen LogP contribution in [-0.2, 0) is 32.9 Å². The molecule has 3 heteroatoms. The molecule has 3 rings (SSSR count). The minimum absolute atomic E-state index is 1.02. The van der Waals surface area contributed by atoms with Gasteiger partial charge < -0.3 is 5.32 Å². The molecule has 2 aromatic rings. The summed E-state index contributed by atoms with van der Waals surface area (Å²) in [7, 11) is 1.97. The third-order valence-electron chi connectivity index (χ3n) is 3.68. The summed E-state index contributed by atoms with van der Waals surface area (Å²) in [5, 5.41) is 7.65. The highest BCUT2D eigenvalue weighted by Gasteiger charge is 2.12. The molecule has 0 saturated heterocycles. The van der Waals surface area contributed by atoms with Crippen LogP contribution in [0.3, 0.4) is 0 Å². The van der Waals surface area contributed by atoms with Gasteiger partial charge in [-0.3, -0.25) is 4.68 Å². The van der Waals surface area contributed by atoms with Gasteiger partial charge in [0.05, 0.1) is 6.20 Å². The average Bonchev–Trinajstić information content (AvgIpc) is 2.82. The minimum Gasteiger partial charge on any atom is -0.312 e. The van der Waals surface area contributed by atoms with Crippen LogP contribution >= 0.6 is 0 Å². The summed E-state index contributed by atoms with van der Waals surface area (Å²) >= 11 is 0. The van der Waals surface area contributed by atoms with Gasteiger partial charge in [0.1, 0.15) is 0 Å². The molecule has 0 radical (unpaired) electrons. The SMILES string of the molecule is Cn1cc(CCc2cccc3c2CCNC3)cn1. The first-order valence-corrected chi connectivity index (χ1v) is 6.61. The van der Waals surface area contributed by atoms with Crippen LogP contribution in [0.2, 0.25) is 0 Å². The second kappa shape index (κ2) is 4.94. The fraction of sp³-hybridized carbons (Fsp3) is 0.400. The molecule has 0 aliphatic carbocycles. The summed E-state index contributed by atoms with van der Waals surface area (Å²) in [4.78, 5) is 0. The largest absolute Gasteiger partial charge is 0.312 e. The maximum atomic E-state index is 4.22. The number of hydrogen-bond acceptors (Lipinski definition) is 2. The van der Waals surface area contributed by atoms with Crippen LogP contribution < -0.4 is 5.32 Å². The molecule has 1 aromatic heterocycles. The molecule has 2 heterocycles. The fourth-order valence-electron chi connectivity index (χ4n) is 2.73. The number of rotatable bonds is 3. The Morgan fingerprint density at radius 1 is 1.33 bits per heavy atom. The van der Waals surface area contributed by atoms with E-state index in [1.807, 2.05) is 17.9 Å². The second-order valence-corrected chi connectivity index (χ2v) is 5.00. The van der Waals surface area contributed by atoms with E-state index in [-0.39, 0.29) is 0 Å². The molecular formula is C15H19N3. The first-order chi connectivity index (χ1) is 8.83. The van der Waals surface area contributed by atoms with E-state index >= 15 is 0 Å². The predicted octanol–water partition coefficient (Wildman–Crippen LogP) is 1.85. The van der Waals surface area contributed by atoms with Gasteiger partial charge in [0.2, 0.25) is 0 Å². The van der Waals surface area contributed by atoms with Crippen LogP contribution in [0.15, 0.2) is 30.6 Å². The van der Waals surface area contributed by atoms with E-state index in [0.717, 1.165) is 25.9 Å². The molecule has 0 bridgehead atoms. The Hall–Kier alpha value is -1.61. The molecule has 1 N–H and O–H groups in total. The van der Waals surface area contributed by atoms with E-state index in [4.69, 9.17) is 0 Å². The molecule has 0 saturated carbocycles. The third-order valence-corrected chi connectivity index (χ3v) is 3.68. The molecule has 0 atom stereocenters. The van der Waals surface area contributed by atoms with Crippen LogP contribution in [0.5, 0.6) is 0 Å². The average molecular weight is 241 g/mol. The maximum absolute atomic E-state index is 4.22. The van der Waals surface area contributed by atoms with Gasteiger partial charge in [0.25, 0.3) is 0 Å². The van der Waals surface area contributed by atoms with Crippen LogP contribution in [0.25, 0.3) is 0 Å². The topological polar surface area (TPSA) is 29.9 Å². The van der Waals surface area contributed by atoms with Crippen molar-refractivity contribution in [2.45, 2.75) is 25.8 Å². The number of nitrogens with zero attached hydrogens (tertiary/aromatic N) is 2. The number of benzene rings is 1. The molecular weight excluding hydrogens is 222 g/mol. The molecule has 18 heavy (non-hydrogen) atoms. The Bertz CT molecular complexity index is 542. The highest BCUT2D eigenvalue weighted by molar-refractivity contribution is 5.37. The summed E-state index contributed by atoms with van der Waals surface area (Å²) in [5.41, 5.74) is 5.88. The summed E-state index contributed by atoms with van der Waals surface area (Å²) in [6.45, 7) is 2.13. The van der Waals surface area contributed by atoms with Gasteiger partial charge in [-0.2, -0.15) is 5.10 Å². The second-order valence-electron chi connectivity index (χ2n) is 5.00. The van der Waals surface area contributed by atoms with E-state index < -0.39 is 0 Å². The van der Waals surface area contributed by atoms with E-state index in [9.17, 15) is 0 Å². The number of aryl methyl sites for hydroxylation is 3. The Kier molecular flexibility index (Phi) is 3.15. The Labute approximate surface area is 108 Å². The Morgan fingerprint density at radius 3 is 3.11 bits per heavy atom. The molecule has 1 aliphatic rings. The standard InChI is InChI=1S/C15H19N3/c1-18-11-12(9-17-18)5-6-13-3-2-4-14-10-16-8-7-15(13)14/h2-4,9,11,16H,5-8,10H2,1H3. The van der Waals surface area contributed by atoms with E-state index in [2.05, 4.69) is 34.8 Å². The van der Waals surface area contributed by atoms with Gasteiger partial charge >= 0.3 is 0 Å². The molecule has 0 amide bonds. The smallest absolute Gasteiger partial charge is 0.0521 e. The van der Waals surface area contributed by atoms with E-state index in [0.29, 0.717) is 0 Å². The minimum atomic E-state index is 1.02. The highest BCUT2D eigenvalue weighted by Crippen LogP contribution is 2.20. The first kappa shape index (κ1) is 11.5. The quantitative estimate of drug-likeness (QED) is 0.889. The van der Waals surface area contributed by atoms with Crippen molar-refractivity contribution < 1.29 is 0 Å². The zero-order valence-electron chi connectivity index (χ0n) is 10.8. The zero-order chi connectivity index (χ0) is 12.4. The van der Waals surface area contributed by atoms with Gasteiger partial charge in [-0.25, -0.2) is 0 Å². The van der Waals surface area contributed by atoms with Gasteiger partial charge in [0.15, 0.2) is 0 Å². The molecule has 0 fully saturated rings. The number of aromatic nitrogens is 2. The normalized spacial score (nSPS) is 14.5. The van der Waals surface area contributed by atoms with Gasteiger partial charge in [-0.1, -0.05) is 18.2 Å². The third kappa shape index (κ3) is 2.31. The lowest BCUT2D eigenvalue weighted by atomic mass is 9.92. The van der Waals surface area contributed by atoms with Crippen LogP contribution in [0, 0.1) is 0 Å². The van der Waals surface area contributed by atoms with Gasteiger partial charge in [-0.15, -0.1) is 0 Å². The van der Waals surface area contributed by atoms with Crippen molar-refractivity contribution in [3.63, 3.8) is 0 Å². The predicted molar refractivity (Wildman–Crippen MR) is 72.5 cm³/mol. The Balaban J connectivity index is 1.76. The van der Waals surface area contributed by atoms with Crippen LogP contribution in [0.4, 0.5) is 0 Å². The summed E-state index contributed by atoms with van der Waals surface area (Å²) in [5.74, 6) is 0. The Morgan fingerprint density at radius 2 is 2.28 bits per heavy atom. The van der Waals surface area contributed by atoms with Crippen molar-refractivity contribution in [1.82, 2.24) is 15.1 Å². The molecule has 94 valence electrons. The van der Waals surface area contributed by atoms with Crippen LogP contribution in [-0.4, -0.2) is 16.3 Å². The van der Waals surface area contributed by atoms with Crippen molar-refractivity contribution in [2.24, 2.45) is 7.05 Å². The molecule has 0 unspecified atom stereocenters. The summed E-state index contributed by atoms with van der Waals surface area (Å²) in [6, 6.07) is 6.71. The molecule has 0 spiro atoms. The van der Waals surface area contributed by atoms with Gasteiger partial charge in [-0.05, 0) is 48.1 Å². The van der Waals surface area contributed by atoms with E-state index in [1.54, 1.807) is 5.56 Å². The van der Waals surface area contributed by atoms with Crippen molar-refractivity contribution in [3.05, 3.63) is 52.8 Å². The van der Waals surface area contributed by atoms with Crippen LogP contribution in [0.1, 0.15) is 22.3 Å². The molecule has 1 aromatic carbocycles. The van der Waals surface area contributed by atoms with Crippen molar-refractivity contribution in [1.29, 1.82) is 0 Å².